The third-order valence-corrected chi connectivity index (χ3v) is 4.42. The Hall–Kier alpha value is -1.10. The number of amides is 1. The fourth-order valence-electron chi connectivity index (χ4n) is 3.09. The van der Waals surface area contributed by atoms with Gasteiger partial charge in [0.05, 0.1) is 5.92 Å². The van der Waals surface area contributed by atoms with E-state index in [9.17, 15) is 9.59 Å². The molecule has 0 radical (unpaired) electrons. The Labute approximate surface area is 114 Å². The summed E-state index contributed by atoms with van der Waals surface area (Å²) in [7, 11) is 0. The van der Waals surface area contributed by atoms with Crippen LogP contribution in [0, 0.1) is 17.8 Å². The molecule has 1 atom stereocenters. The number of nitrogens with one attached hydrogen (secondary N) is 2. The summed E-state index contributed by atoms with van der Waals surface area (Å²) in [6.07, 6.45) is 5.06. The molecular weight excluding hydrogens is 244 g/mol. The van der Waals surface area contributed by atoms with Crippen LogP contribution < -0.4 is 10.6 Å². The molecule has 2 fully saturated rings. The molecule has 0 aromatic rings. The van der Waals surface area contributed by atoms with E-state index in [2.05, 4.69) is 10.6 Å². The summed E-state index contributed by atoms with van der Waals surface area (Å²) in [5, 5.41) is 15.2. The van der Waals surface area contributed by atoms with Crippen LogP contribution in [0.2, 0.25) is 0 Å². The van der Waals surface area contributed by atoms with Crippen molar-refractivity contribution in [2.75, 3.05) is 19.6 Å². The van der Waals surface area contributed by atoms with Crippen molar-refractivity contribution in [2.45, 2.75) is 38.5 Å². The lowest BCUT2D eigenvalue weighted by Gasteiger charge is -2.26. The molecule has 0 bridgehead atoms. The lowest BCUT2D eigenvalue weighted by Crippen LogP contribution is -2.33. The Bertz CT molecular complexity index is 319. The molecule has 1 saturated heterocycles. The summed E-state index contributed by atoms with van der Waals surface area (Å²) in [6, 6.07) is 0. The first-order valence-electron chi connectivity index (χ1n) is 7.35. The molecule has 1 saturated carbocycles. The van der Waals surface area contributed by atoms with Gasteiger partial charge in [0, 0.05) is 13.0 Å². The molecule has 2 rings (SSSR count). The van der Waals surface area contributed by atoms with Gasteiger partial charge in [-0.25, -0.2) is 0 Å². The number of rotatable bonds is 5. The summed E-state index contributed by atoms with van der Waals surface area (Å²) in [4.78, 5) is 22.6. The average Bonchev–Trinajstić information content (AvgIpc) is 2.89. The minimum Gasteiger partial charge on any atom is -0.481 e. The Balaban J connectivity index is 1.60. The van der Waals surface area contributed by atoms with E-state index in [0.29, 0.717) is 24.8 Å². The number of carboxylic acid groups (broad SMARTS) is 1. The zero-order chi connectivity index (χ0) is 13.7. The van der Waals surface area contributed by atoms with Gasteiger partial charge in [-0.05, 0) is 57.0 Å². The third kappa shape index (κ3) is 4.49. The first-order chi connectivity index (χ1) is 9.15. The van der Waals surface area contributed by atoms with Crippen LogP contribution in [0.5, 0.6) is 0 Å². The van der Waals surface area contributed by atoms with Crippen LogP contribution in [-0.4, -0.2) is 36.6 Å². The highest BCUT2D eigenvalue weighted by Crippen LogP contribution is 2.28. The number of aliphatic carboxylic acids is 1. The normalized spacial score (nSPS) is 31.1. The molecular formula is C14H24N2O3. The molecule has 3 N–H and O–H groups in total. The van der Waals surface area contributed by atoms with Gasteiger partial charge in [-0.3, -0.25) is 9.59 Å². The lowest BCUT2D eigenvalue weighted by molar-refractivity contribution is -0.143. The van der Waals surface area contributed by atoms with Crippen molar-refractivity contribution in [3.05, 3.63) is 0 Å². The van der Waals surface area contributed by atoms with Crippen molar-refractivity contribution in [3.63, 3.8) is 0 Å². The highest BCUT2D eigenvalue weighted by molar-refractivity contribution is 5.76. The SMILES string of the molecule is O=C(CC1CCNC1)NCC1CCC(C(=O)O)CC1. The number of carbonyl (C=O) groups excluding carboxylic acids is 1. The second-order valence-corrected chi connectivity index (χ2v) is 5.92. The van der Waals surface area contributed by atoms with Crippen LogP contribution >= 0.6 is 0 Å². The van der Waals surface area contributed by atoms with Gasteiger partial charge >= 0.3 is 5.97 Å². The predicted octanol–water partition coefficient (Wildman–Crippen LogP) is 0.993. The van der Waals surface area contributed by atoms with E-state index >= 15 is 0 Å². The van der Waals surface area contributed by atoms with E-state index in [1.165, 1.54) is 0 Å². The maximum atomic E-state index is 11.8. The first kappa shape index (κ1) is 14.3. The molecule has 5 heteroatoms. The highest BCUT2D eigenvalue weighted by Gasteiger charge is 2.26. The number of carbonyl (C=O) groups is 2. The number of hydrogen-bond acceptors (Lipinski definition) is 3. The monoisotopic (exact) mass is 268 g/mol. The van der Waals surface area contributed by atoms with Crippen molar-refractivity contribution >= 4 is 11.9 Å². The van der Waals surface area contributed by atoms with Gasteiger partial charge in [-0.2, -0.15) is 0 Å². The van der Waals surface area contributed by atoms with Gasteiger partial charge in [0.15, 0.2) is 0 Å². The predicted molar refractivity (Wildman–Crippen MR) is 71.7 cm³/mol. The smallest absolute Gasteiger partial charge is 0.306 e. The fraction of sp³-hybridized carbons (Fsp3) is 0.857. The van der Waals surface area contributed by atoms with Crippen molar-refractivity contribution < 1.29 is 14.7 Å². The van der Waals surface area contributed by atoms with E-state index in [1.54, 1.807) is 0 Å². The largest absolute Gasteiger partial charge is 0.481 e. The summed E-state index contributed by atoms with van der Waals surface area (Å²) in [5.41, 5.74) is 0. The Morgan fingerprint density at radius 3 is 2.42 bits per heavy atom. The molecule has 0 aromatic heterocycles. The number of hydrogen-bond donors (Lipinski definition) is 3. The average molecular weight is 268 g/mol. The summed E-state index contributed by atoms with van der Waals surface area (Å²) in [5.74, 6) is 0.255. The van der Waals surface area contributed by atoms with Crippen LogP contribution in [0.4, 0.5) is 0 Å². The van der Waals surface area contributed by atoms with Gasteiger partial charge in [0.1, 0.15) is 0 Å². The molecule has 1 unspecified atom stereocenters. The molecule has 0 spiro atoms. The number of carboxylic acids is 1. The van der Waals surface area contributed by atoms with Gasteiger partial charge in [-0.15, -0.1) is 0 Å². The highest BCUT2D eigenvalue weighted by atomic mass is 16.4. The molecule has 5 nitrogen and oxygen atoms in total. The lowest BCUT2D eigenvalue weighted by atomic mass is 9.82. The van der Waals surface area contributed by atoms with Crippen molar-refractivity contribution in [1.82, 2.24) is 10.6 Å². The van der Waals surface area contributed by atoms with Crippen molar-refractivity contribution in [3.8, 4) is 0 Å². The van der Waals surface area contributed by atoms with Gasteiger partial charge in [-0.1, -0.05) is 0 Å². The zero-order valence-electron chi connectivity index (χ0n) is 11.4. The standard InChI is InChI=1S/C14H24N2O3/c17-13(7-11-5-6-15-8-11)16-9-10-1-3-12(4-2-10)14(18)19/h10-12,15H,1-9H2,(H,16,17)(H,18,19). The minimum atomic E-state index is -0.670. The minimum absolute atomic E-state index is 0.147. The topological polar surface area (TPSA) is 78.4 Å². The van der Waals surface area contributed by atoms with E-state index in [-0.39, 0.29) is 11.8 Å². The van der Waals surface area contributed by atoms with E-state index in [1.807, 2.05) is 0 Å². The van der Waals surface area contributed by atoms with Crippen LogP contribution in [0.25, 0.3) is 0 Å². The summed E-state index contributed by atoms with van der Waals surface area (Å²) >= 11 is 0. The van der Waals surface area contributed by atoms with Crippen LogP contribution in [0.15, 0.2) is 0 Å². The summed E-state index contributed by atoms with van der Waals surface area (Å²) < 4.78 is 0. The summed E-state index contributed by atoms with van der Waals surface area (Å²) in [6.45, 7) is 2.69. The molecule has 1 aliphatic carbocycles. The van der Waals surface area contributed by atoms with Crippen LogP contribution in [0.3, 0.4) is 0 Å². The molecule has 19 heavy (non-hydrogen) atoms. The van der Waals surface area contributed by atoms with Crippen LogP contribution in [0.1, 0.15) is 38.5 Å². The Kier molecular flexibility index (Phi) is 5.19. The van der Waals surface area contributed by atoms with Crippen LogP contribution in [-0.2, 0) is 9.59 Å². The quantitative estimate of drug-likeness (QED) is 0.695. The maximum Gasteiger partial charge on any atom is 0.306 e. The molecule has 1 heterocycles. The van der Waals surface area contributed by atoms with E-state index in [4.69, 9.17) is 5.11 Å². The maximum absolute atomic E-state index is 11.8. The van der Waals surface area contributed by atoms with Crippen molar-refractivity contribution in [2.24, 2.45) is 17.8 Å². The van der Waals surface area contributed by atoms with E-state index < -0.39 is 5.97 Å². The van der Waals surface area contributed by atoms with Crippen molar-refractivity contribution in [1.29, 1.82) is 0 Å². The fourth-order valence-corrected chi connectivity index (χ4v) is 3.09. The van der Waals surface area contributed by atoms with Gasteiger partial charge in [0.25, 0.3) is 0 Å². The molecule has 0 aromatic carbocycles. The van der Waals surface area contributed by atoms with Gasteiger partial charge < -0.3 is 15.7 Å². The molecule has 2 aliphatic rings. The zero-order valence-corrected chi connectivity index (χ0v) is 11.4. The molecule has 108 valence electrons. The Morgan fingerprint density at radius 2 is 1.84 bits per heavy atom. The van der Waals surface area contributed by atoms with E-state index in [0.717, 1.165) is 45.2 Å². The Morgan fingerprint density at radius 1 is 1.11 bits per heavy atom. The molecule has 1 amide bonds. The second-order valence-electron chi connectivity index (χ2n) is 5.92. The first-order valence-corrected chi connectivity index (χ1v) is 7.35. The molecule has 1 aliphatic heterocycles. The van der Waals surface area contributed by atoms with Gasteiger partial charge in [0.2, 0.25) is 5.91 Å². The second kappa shape index (κ2) is 6.89. The third-order valence-electron chi connectivity index (χ3n) is 4.42.